The second-order valence-electron chi connectivity index (χ2n) is 5.76. The van der Waals surface area contributed by atoms with Gasteiger partial charge >= 0.3 is 0 Å². The number of nitrogens with one attached hydrogen (secondary N) is 2. The summed E-state index contributed by atoms with van der Waals surface area (Å²) in [6.45, 7) is 1.70. The van der Waals surface area contributed by atoms with Crippen LogP contribution in [0.2, 0.25) is 0 Å². The maximum absolute atomic E-state index is 12.4. The first-order chi connectivity index (χ1) is 13.0. The van der Waals surface area contributed by atoms with Crippen LogP contribution in [0.4, 0.5) is 5.69 Å². The molecule has 136 valence electrons. The Balaban J connectivity index is 1.65. The van der Waals surface area contributed by atoms with Gasteiger partial charge in [0.15, 0.2) is 5.78 Å². The molecule has 2 heterocycles. The van der Waals surface area contributed by atoms with Gasteiger partial charge in [-0.1, -0.05) is 6.07 Å². The minimum Gasteiger partial charge on any atom is -0.467 e. The molecule has 0 fully saturated rings. The lowest BCUT2D eigenvalue weighted by Crippen LogP contribution is -2.24. The number of nitrogens with zero attached hydrogens (tertiary/aromatic N) is 1. The van der Waals surface area contributed by atoms with Crippen LogP contribution >= 0.6 is 0 Å². The summed E-state index contributed by atoms with van der Waals surface area (Å²) in [5.41, 5.74) is 1.32. The molecular formula is C20H17N3O4. The zero-order valence-corrected chi connectivity index (χ0v) is 14.6. The number of carbonyl (C=O) groups is 3. The average molecular weight is 363 g/mol. The molecule has 7 nitrogen and oxygen atoms in total. The van der Waals surface area contributed by atoms with Crippen LogP contribution in [0, 0.1) is 0 Å². The molecule has 2 N–H and O–H groups in total. The Kier molecular flexibility index (Phi) is 5.41. The highest BCUT2D eigenvalue weighted by Crippen LogP contribution is 2.12. The van der Waals surface area contributed by atoms with E-state index in [0.717, 1.165) is 0 Å². The van der Waals surface area contributed by atoms with E-state index in [1.807, 2.05) is 0 Å². The molecule has 0 spiro atoms. The summed E-state index contributed by atoms with van der Waals surface area (Å²) in [6.07, 6.45) is 1.52. The van der Waals surface area contributed by atoms with Crippen molar-refractivity contribution in [2.24, 2.45) is 0 Å². The molecule has 0 radical (unpaired) electrons. The van der Waals surface area contributed by atoms with Crippen LogP contribution in [0.1, 0.15) is 44.0 Å². The zero-order chi connectivity index (χ0) is 19.2. The predicted octanol–water partition coefficient (Wildman–Crippen LogP) is 3.06. The van der Waals surface area contributed by atoms with Crippen molar-refractivity contribution in [3.63, 3.8) is 0 Å². The first-order valence-corrected chi connectivity index (χ1v) is 8.23. The molecule has 0 aliphatic rings. The number of hydrogen-bond donors (Lipinski definition) is 2. The Hall–Kier alpha value is -3.74. The van der Waals surface area contributed by atoms with Gasteiger partial charge in [0.2, 0.25) is 0 Å². The number of carbonyl (C=O) groups excluding carboxylic acids is 3. The molecule has 3 aromatic rings. The van der Waals surface area contributed by atoms with Crippen LogP contribution in [-0.4, -0.2) is 22.6 Å². The van der Waals surface area contributed by atoms with E-state index in [1.54, 1.807) is 42.5 Å². The third kappa shape index (κ3) is 4.66. The molecule has 3 rings (SSSR count). The van der Waals surface area contributed by atoms with Crippen LogP contribution < -0.4 is 10.6 Å². The molecule has 0 aliphatic carbocycles. The number of amides is 2. The zero-order valence-electron chi connectivity index (χ0n) is 14.6. The Morgan fingerprint density at radius 3 is 2.26 bits per heavy atom. The maximum atomic E-state index is 12.4. The van der Waals surface area contributed by atoms with Crippen LogP contribution in [0.25, 0.3) is 0 Å². The van der Waals surface area contributed by atoms with Crippen molar-refractivity contribution in [3.8, 4) is 0 Å². The minimum atomic E-state index is -0.453. The van der Waals surface area contributed by atoms with Crippen molar-refractivity contribution < 1.29 is 18.8 Å². The van der Waals surface area contributed by atoms with Crippen LogP contribution in [0.3, 0.4) is 0 Å². The highest BCUT2D eigenvalue weighted by atomic mass is 16.3. The molecule has 1 aromatic carbocycles. The number of anilines is 1. The van der Waals surface area contributed by atoms with Gasteiger partial charge in [0.05, 0.1) is 12.8 Å². The molecular weight excluding hydrogens is 346 g/mol. The minimum absolute atomic E-state index is 0.0530. The van der Waals surface area contributed by atoms with E-state index < -0.39 is 11.8 Å². The number of ketones is 1. The van der Waals surface area contributed by atoms with Crippen molar-refractivity contribution in [1.82, 2.24) is 10.3 Å². The van der Waals surface area contributed by atoms with Gasteiger partial charge in [0.1, 0.15) is 17.1 Å². The number of benzene rings is 1. The van der Waals surface area contributed by atoms with Crippen molar-refractivity contribution >= 4 is 23.3 Å². The van der Waals surface area contributed by atoms with E-state index in [-0.39, 0.29) is 23.7 Å². The van der Waals surface area contributed by atoms with Crippen molar-refractivity contribution in [3.05, 3.63) is 83.6 Å². The van der Waals surface area contributed by atoms with Crippen LogP contribution in [-0.2, 0) is 6.54 Å². The third-order valence-electron chi connectivity index (χ3n) is 3.77. The van der Waals surface area contributed by atoms with E-state index in [9.17, 15) is 14.4 Å². The smallest absolute Gasteiger partial charge is 0.274 e. The molecule has 2 amide bonds. The van der Waals surface area contributed by atoms with Gasteiger partial charge in [-0.2, -0.15) is 0 Å². The Morgan fingerprint density at radius 1 is 0.926 bits per heavy atom. The lowest BCUT2D eigenvalue weighted by Gasteiger charge is -2.07. The molecule has 0 bridgehead atoms. The quantitative estimate of drug-likeness (QED) is 0.656. The molecule has 2 aromatic heterocycles. The molecule has 0 unspecified atom stereocenters. The fourth-order valence-electron chi connectivity index (χ4n) is 2.34. The number of rotatable bonds is 6. The standard InChI is InChI=1S/C20H17N3O4/c1-13(24)14-7-9-15(10-8-14)22-20(26)18-6-2-5-17(23-18)19(25)21-12-16-4-3-11-27-16/h2-11H,12H2,1H3,(H,21,25)(H,22,26). The fraction of sp³-hybridized carbons (Fsp3) is 0.100. The van der Waals surface area contributed by atoms with Crippen LogP contribution in [0.15, 0.2) is 65.3 Å². The summed E-state index contributed by atoms with van der Waals surface area (Å²) in [6, 6.07) is 14.6. The van der Waals surface area contributed by atoms with Crippen molar-refractivity contribution in [2.75, 3.05) is 5.32 Å². The van der Waals surface area contributed by atoms with Gasteiger partial charge < -0.3 is 15.1 Å². The summed E-state index contributed by atoms with van der Waals surface area (Å²) in [4.78, 5) is 40.0. The lowest BCUT2D eigenvalue weighted by atomic mass is 10.1. The van der Waals surface area contributed by atoms with Crippen molar-refractivity contribution in [2.45, 2.75) is 13.5 Å². The van der Waals surface area contributed by atoms with Crippen molar-refractivity contribution in [1.29, 1.82) is 0 Å². The first kappa shape index (κ1) is 18.1. The van der Waals surface area contributed by atoms with E-state index >= 15 is 0 Å². The predicted molar refractivity (Wildman–Crippen MR) is 98.5 cm³/mol. The monoisotopic (exact) mass is 363 g/mol. The lowest BCUT2D eigenvalue weighted by molar-refractivity contribution is 0.0942. The van der Waals surface area contributed by atoms with Gasteiger partial charge in [0.25, 0.3) is 11.8 Å². The van der Waals surface area contributed by atoms with Gasteiger partial charge in [-0.3, -0.25) is 14.4 Å². The van der Waals surface area contributed by atoms with Gasteiger partial charge in [-0.15, -0.1) is 0 Å². The molecule has 0 saturated heterocycles. The largest absolute Gasteiger partial charge is 0.467 e. The highest BCUT2D eigenvalue weighted by molar-refractivity contribution is 6.04. The maximum Gasteiger partial charge on any atom is 0.274 e. The first-order valence-electron chi connectivity index (χ1n) is 8.23. The summed E-state index contributed by atoms with van der Waals surface area (Å²) in [5, 5.41) is 5.36. The summed E-state index contributed by atoms with van der Waals surface area (Å²) in [5.74, 6) is -0.299. The van der Waals surface area contributed by atoms with Gasteiger partial charge in [0, 0.05) is 11.3 Å². The van der Waals surface area contributed by atoms with Gasteiger partial charge in [-0.05, 0) is 55.5 Å². The van der Waals surface area contributed by atoms with E-state index in [2.05, 4.69) is 15.6 Å². The Labute approximate surface area is 155 Å². The van der Waals surface area contributed by atoms with Crippen LogP contribution in [0.5, 0.6) is 0 Å². The summed E-state index contributed by atoms with van der Waals surface area (Å²) < 4.78 is 5.15. The summed E-state index contributed by atoms with van der Waals surface area (Å²) in [7, 11) is 0. The number of furan rings is 1. The molecule has 27 heavy (non-hydrogen) atoms. The molecule has 0 aliphatic heterocycles. The van der Waals surface area contributed by atoms with E-state index in [4.69, 9.17) is 4.42 Å². The number of hydrogen-bond acceptors (Lipinski definition) is 5. The normalized spacial score (nSPS) is 10.3. The molecule has 0 atom stereocenters. The fourth-order valence-corrected chi connectivity index (χ4v) is 2.34. The number of Topliss-reactive ketones (excluding diaryl/α,β-unsaturated/α-hetero) is 1. The topological polar surface area (TPSA) is 101 Å². The summed E-state index contributed by atoms with van der Waals surface area (Å²) >= 11 is 0. The van der Waals surface area contributed by atoms with E-state index in [0.29, 0.717) is 17.0 Å². The third-order valence-corrected chi connectivity index (χ3v) is 3.77. The van der Waals surface area contributed by atoms with E-state index in [1.165, 1.54) is 25.3 Å². The number of aromatic nitrogens is 1. The SMILES string of the molecule is CC(=O)c1ccc(NC(=O)c2cccc(C(=O)NCc3ccco3)n2)cc1. The van der Waals surface area contributed by atoms with Gasteiger partial charge in [-0.25, -0.2) is 4.98 Å². The Bertz CT molecular complexity index is 963. The second-order valence-corrected chi connectivity index (χ2v) is 5.76. The molecule has 7 heteroatoms. The Morgan fingerprint density at radius 2 is 1.63 bits per heavy atom. The average Bonchev–Trinajstić information content (AvgIpc) is 3.20. The molecule has 0 saturated carbocycles. The second kappa shape index (κ2) is 8.09. The number of pyridine rings is 1. The highest BCUT2D eigenvalue weighted by Gasteiger charge is 2.13.